The van der Waals surface area contributed by atoms with E-state index in [-0.39, 0.29) is 24.5 Å². The number of benzene rings is 1. The number of halogens is 1. The lowest BCUT2D eigenvalue weighted by Gasteiger charge is -2.26. The third-order valence-corrected chi connectivity index (χ3v) is 3.84. The molecule has 114 valence electrons. The second-order valence-electron chi connectivity index (χ2n) is 5.42. The average molecular weight is 282 g/mol. The van der Waals surface area contributed by atoms with Gasteiger partial charge in [-0.1, -0.05) is 19.1 Å². The van der Waals surface area contributed by atoms with Gasteiger partial charge in [0.15, 0.2) is 0 Å². The Bertz CT molecular complexity index is 411. The number of rotatable bonds is 8. The number of aryl methyl sites for hydroxylation is 1. The van der Waals surface area contributed by atoms with Gasteiger partial charge in [-0.25, -0.2) is 4.39 Å². The van der Waals surface area contributed by atoms with E-state index in [2.05, 4.69) is 17.1 Å². The predicted molar refractivity (Wildman–Crippen MR) is 81.3 cm³/mol. The molecule has 2 N–H and O–H groups in total. The van der Waals surface area contributed by atoms with Crippen LogP contribution in [0.2, 0.25) is 0 Å². The molecule has 0 aliphatic rings. The van der Waals surface area contributed by atoms with E-state index in [0.29, 0.717) is 5.56 Å². The molecule has 0 bridgehead atoms. The Morgan fingerprint density at radius 1 is 1.40 bits per heavy atom. The highest BCUT2D eigenvalue weighted by Gasteiger charge is 2.14. The monoisotopic (exact) mass is 282 g/mol. The van der Waals surface area contributed by atoms with Crippen LogP contribution in [0.25, 0.3) is 0 Å². The minimum atomic E-state index is -0.150. The fourth-order valence-electron chi connectivity index (χ4n) is 2.15. The van der Waals surface area contributed by atoms with E-state index in [9.17, 15) is 4.39 Å². The molecule has 1 aromatic rings. The fraction of sp³-hybridized carbons (Fsp3) is 0.625. The molecule has 1 aromatic carbocycles. The number of aliphatic hydroxyl groups excluding tert-OH is 1. The zero-order valence-electron chi connectivity index (χ0n) is 13.0. The van der Waals surface area contributed by atoms with E-state index in [1.54, 1.807) is 13.0 Å². The summed E-state index contributed by atoms with van der Waals surface area (Å²) in [6.45, 7) is 7.68. The molecule has 0 radical (unpaired) electrons. The summed E-state index contributed by atoms with van der Waals surface area (Å²) in [5.74, 6) is -0.150. The van der Waals surface area contributed by atoms with Crippen molar-refractivity contribution in [3.05, 3.63) is 35.1 Å². The van der Waals surface area contributed by atoms with Crippen molar-refractivity contribution < 1.29 is 9.50 Å². The van der Waals surface area contributed by atoms with E-state index >= 15 is 0 Å². The zero-order chi connectivity index (χ0) is 15.1. The molecule has 0 saturated carbocycles. The SMILES string of the molecule is CCNC(CCN(C)C(C)CO)c1ccc(C)c(F)c1. The van der Waals surface area contributed by atoms with Crippen molar-refractivity contribution >= 4 is 0 Å². The van der Waals surface area contributed by atoms with E-state index in [1.165, 1.54) is 0 Å². The number of nitrogens with zero attached hydrogens (tertiary/aromatic N) is 1. The standard InChI is InChI=1S/C16H27FN2O/c1-5-18-16(8-9-19(4)13(3)11-20)14-7-6-12(2)15(17)10-14/h6-7,10,13,16,18,20H,5,8-9,11H2,1-4H3. The van der Waals surface area contributed by atoms with Gasteiger partial charge in [0.1, 0.15) is 5.82 Å². The molecule has 0 fully saturated rings. The summed E-state index contributed by atoms with van der Waals surface area (Å²) < 4.78 is 13.7. The van der Waals surface area contributed by atoms with Crippen molar-refractivity contribution in [1.29, 1.82) is 0 Å². The van der Waals surface area contributed by atoms with Crippen LogP contribution in [0.3, 0.4) is 0 Å². The van der Waals surface area contributed by atoms with Gasteiger partial charge < -0.3 is 15.3 Å². The first-order chi connectivity index (χ1) is 9.49. The first kappa shape index (κ1) is 17.1. The van der Waals surface area contributed by atoms with Crippen LogP contribution in [0, 0.1) is 12.7 Å². The number of hydrogen-bond acceptors (Lipinski definition) is 3. The van der Waals surface area contributed by atoms with Crippen LogP contribution in [0.4, 0.5) is 4.39 Å². The molecule has 20 heavy (non-hydrogen) atoms. The molecule has 4 heteroatoms. The highest BCUT2D eigenvalue weighted by Crippen LogP contribution is 2.20. The Labute approximate surface area is 121 Å². The minimum Gasteiger partial charge on any atom is -0.395 e. The van der Waals surface area contributed by atoms with Crippen LogP contribution in [0.15, 0.2) is 18.2 Å². The normalized spacial score (nSPS) is 14.6. The minimum absolute atomic E-state index is 0.142. The highest BCUT2D eigenvalue weighted by atomic mass is 19.1. The van der Waals surface area contributed by atoms with Crippen molar-refractivity contribution in [3.63, 3.8) is 0 Å². The Morgan fingerprint density at radius 2 is 2.10 bits per heavy atom. The van der Waals surface area contributed by atoms with E-state index in [4.69, 9.17) is 5.11 Å². The third kappa shape index (κ3) is 4.85. The second kappa shape index (κ2) is 8.35. The Balaban J connectivity index is 2.71. The fourth-order valence-corrected chi connectivity index (χ4v) is 2.15. The summed E-state index contributed by atoms with van der Waals surface area (Å²) in [6.07, 6.45) is 0.886. The molecule has 3 nitrogen and oxygen atoms in total. The lowest BCUT2D eigenvalue weighted by atomic mass is 10.0. The molecular formula is C16H27FN2O. The summed E-state index contributed by atoms with van der Waals surface area (Å²) in [4.78, 5) is 2.12. The number of nitrogens with one attached hydrogen (secondary N) is 1. The number of likely N-dealkylation sites (N-methyl/N-ethyl adjacent to an activating group) is 1. The van der Waals surface area contributed by atoms with Crippen molar-refractivity contribution in [2.45, 2.75) is 39.3 Å². The predicted octanol–water partition coefficient (Wildman–Crippen LogP) is 2.49. The second-order valence-corrected chi connectivity index (χ2v) is 5.42. The molecule has 0 amide bonds. The average Bonchev–Trinajstić information content (AvgIpc) is 2.45. The summed E-state index contributed by atoms with van der Waals surface area (Å²) in [5.41, 5.74) is 1.66. The van der Waals surface area contributed by atoms with Gasteiger partial charge in [-0.3, -0.25) is 0 Å². The van der Waals surface area contributed by atoms with Crippen molar-refractivity contribution in [2.75, 3.05) is 26.7 Å². The molecular weight excluding hydrogens is 255 g/mol. The maximum Gasteiger partial charge on any atom is 0.126 e. The molecule has 2 atom stereocenters. The van der Waals surface area contributed by atoms with Crippen LogP contribution in [0.5, 0.6) is 0 Å². The van der Waals surface area contributed by atoms with Crippen LogP contribution in [0.1, 0.15) is 37.4 Å². The van der Waals surface area contributed by atoms with Crippen molar-refractivity contribution in [2.24, 2.45) is 0 Å². The molecule has 0 heterocycles. The smallest absolute Gasteiger partial charge is 0.126 e. The first-order valence-electron chi connectivity index (χ1n) is 7.30. The largest absolute Gasteiger partial charge is 0.395 e. The van der Waals surface area contributed by atoms with Crippen molar-refractivity contribution in [1.82, 2.24) is 10.2 Å². The van der Waals surface area contributed by atoms with Gasteiger partial charge in [-0.15, -0.1) is 0 Å². The van der Waals surface area contributed by atoms with Gasteiger partial charge in [-0.05, 0) is 51.1 Å². The summed E-state index contributed by atoms with van der Waals surface area (Å²) in [7, 11) is 2.00. The maximum atomic E-state index is 13.7. The van der Waals surface area contributed by atoms with Gasteiger partial charge in [0.25, 0.3) is 0 Å². The van der Waals surface area contributed by atoms with Crippen LogP contribution < -0.4 is 5.32 Å². The van der Waals surface area contributed by atoms with Gasteiger partial charge in [0, 0.05) is 18.6 Å². The molecule has 0 saturated heterocycles. The van der Waals surface area contributed by atoms with E-state index in [0.717, 1.165) is 25.1 Å². The molecule has 0 aliphatic carbocycles. The van der Waals surface area contributed by atoms with Crippen LogP contribution in [-0.4, -0.2) is 42.8 Å². The van der Waals surface area contributed by atoms with E-state index < -0.39 is 0 Å². The summed E-state index contributed by atoms with van der Waals surface area (Å²) >= 11 is 0. The zero-order valence-corrected chi connectivity index (χ0v) is 13.0. The first-order valence-corrected chi connectivity index (χ1v) is 7.30. The Kier molecular flexibility index (Phi) is 7.13. The molecule has 2 unspecified atom stereocenters. The summed E-state index contributed by atoms with van der Waals surface area (Å²) in [6, 6.07) is 5.73. The Hall–Kier alpha value is -0.970. The van der Waals surface area contributed by atoms with Gasteiger partial charge in [-0.2, -0.15) is 0 Å². The molecule has 0 aliphatic heterocycles. The number of hydrogen-bond donors (Lipinski definition) is 2. The Morgan fingerprint density at radius 3 is 2.65 bits per heavy atom. The van der Waals surface area contributed by atoms with E-state index in [1.807, 2.05) is 26.1 Å². The third-order valence-electron chi connectivity index (χ3n) is 3.84. The summed E-state index contributed by atoms with van der Waals surface area (Å²) in [5, 5.41) is 12.6. The van der Waals surface area contributed by atoms with Gasteiger partial charge in [0.2, 0.25) is 0 Å². The lowest BCUT2D eigenvalue weighted by Crippen LogP contribution is -2.35. The van der Waals surface area contributed by atoms with Gasteiger partial charge in [0.05, 0.1) is 6.61 Å². The molecule has 0 spiro atoms. The molecule has 1 rings (SSSR count). The maximum absolute atomic E-state index is 13.7. The highest BCUT2D eigenvalue weighted by molar-refractivity contribution is 5.25. The van der Waals surface area contributed by atoms with Gasteiger partial charge >= 0.3 is 0 Å². The molecule has 0 aromatic heterocycles. The van der Waals surface area contributed by atoms with Crippen LogP contribution in [-0.2, 0) is 0 Å². The van der Waals surface area contributed by atoms with Crippen LogP contribution >= 0.6 is 0 Å². The quantitative estimate of drug-likeness (QED) is 0.769. The van der Waals surface area contributed by atoms with Crippen molar-refractivity contribution in [3.8, 4) is 0 Å². The number of aliphatic hydroxyl groups is 1. The topological polar surface area (TPSA) is 35.5 Å². The lowest BCUT2D eigenvalue weighted by molar-refractivity contribution is 0.154.